The van der Waals surface area contributed by atoms with Gasteiger partial charge in [-0.2, -0.15) is 10.2 Å². The van der Waals surface area contributed by atoms with E-state index in [2.05, 4.69) is 67.1 Å². The van der Waals surface area contributed by atoms with Crippen molar-refractivity contribution in [1.29, 1.82) is 0 Å². The quantitative estimate of drug-likeness (QED) is 0.788. The van der Waals surface area contributed by atoms with Crippen LogP contribution in [0.25, 0.3) is 11.3 Å². The van der Waals surface area contributed by atoms with Gasteiger partial charge < -0.3 is 0 Å². The molecule has 0 amide bonds. The molecule has 0 aliphatic heterocycles. The Hall–Kier alpha value is -1.48. The fourth-order valence-electron chi connectivity index (χ4n) is 1.99. The largest absolute Gasteiger partial charge is 0.155 e. The molecule has 0 atom stereocenters. The number of nitrogens with zero attached hydrogens (tertiary/aromatic N) is 2. The summed E-state index contributed by atoms with van der Waals surface area (Å²) in [5.74, 6) is 0. The molecule has 2 nitrogen and oxygen atoms in total. The van der Waals surface area contributed by atoms with Crippen molar-refractivity contribution in [2.24, 2.45) is 0 Å². The molecular formula is C15H20N2Si. The van der Waals surface area contributed by atoms with Gasteiger partial charge in [0.15, 0.2) is 0 Å². The Morgan fingerprint density at radius 3 is 2.22 bits per heavy atom. The van der Waals surface area contributed by atoms with E-state index in [9.17, 15) is 0 Å². The van der Waals surface area contributed by atoms with E-state index in [1.54, 1.807) is 0 Å². The lowest BCUT2D eigenvalue weighted by Crippen LogP contribution is -2.40. The van der Waals surface area contributed by atoms with Gasteiger partial charge in [-0.25, -0.2) is 0 Å². The summed E-state index contributed by atoms with van der Waals surface area (Å²) in [6.45, 7) is 9.20. The highest BCUT2D eigenvalue weighted by atomic mass is 28.3. The topological polar surface area (TPSA) is 25.8 Å². The van der Waals surface area contributed by atoms with Gasteiger partial charge in [-0.3, -0.25) is 0 Å². The van der Waals surface area contributed by atoms with Crippen molar-refractivity contribution in [3.8, 4) is 11.3 Å². The van der Waals surface area contributed by atoms with Crippen LogP contribution < -0.4 is 5.19 Å². The molecule has 0 saturated carbocycles. The van der Waals surface area contributed by atoms with Crippen LogP contribution >= 0.6 is 0 Å². The molecule has 18 heavy (non-hydrogen) atoms. The summed E-state index contributed by atoms with van der Waals surface area (Å²) in [4.78, 5) is 0. The number of aromatic nitrogens is 2. The minimum atomic E-state index is -1.41. The molecule has 2 aromatic rings. The Morgan fingerprint density at radius 2 is 1.67 bits per heavy atom. The lowest BCUT2D eigenvalue weighted by atomic mass is 10.1. The van der Waals surface area contributed by atoms with Gasteiger partial charge >= 0.3 is 0 Å². The molecule has 3 heteroatoms. The summed E-state index contributed by atoms with van der Waals surface area (Å²) in [6, 6.07) is 12.6. The average Bonchev–Trinajstić information content (AvgIpc) is 2.38. The van der Waals surface area contributed by atoms with Gasteiger partial charge in [-0.1, -0.05) is 56.9 Å². The zero-order valence-electron chi connectivity index (χ0n) is 11.6. The van der Waals surface area contributed by atoms with Crippen molar-refractivity contribution in [1.82, 2.24) is 10.2 Å². The Kier molecular flexibility index (Phi) is 3.62. The monoisotopic (exact) mass is 256 g/mol. The van der Waals surface area contributed by atoms with E-state index in [0.29, 0.717) is 0 Å². The Bertz CT molecular complexity index is 530. The van der Waals surface area contributed by atoms with Crippen molar-refractivity contribution in [3.63, 3.8) is 0 Å². The highest BCUT2D eigenvalue weighted by Gasteiger charge is 2.22. The maximum atomic E-state index is 4.47. The van der Waals surface area contributed by atoms with Crippen molar-refractivity contribution < 1.29 is 0 Å². The molecule has 2 rings (SSSR count). The molecule has 0 radical (unpaired) electrons. The summed E-state index contributed by atoms with van der Waals surface area (Å²) >= 11 is 0. The molecule has 0 unspecified atom stereocenters. The van der Waals surface area contributed by atoms with E-state index in [4.69, 9.17) is 0 Å². The zero-order chi connectivity index (χ0) is 13.2. The van der Waals surface area contributed by atoms with Gasteiger partial charge in [-0.15, -0.1) is 0 Å². The highest BCUT2D eigenvalue weighted by molar-refractivity contribution is 6.89. The molecule has 1 aromatic heterocycles. The van der Waals surface area contributed by atoms with E-state index < -0.39 is 8.07 Å². The highest BCUT2D eigenvalue weighted by Crippen LogP contribution is 2.17. The standard InChI is InChI=1S/C15H20N2Si/c1-5-13-11-14(18(2,3)4)15(17-16-13)12-9-7-6-8-10-12/h6-11H,5H2,1-4H3. The number of hydrogen-bond acceptors (Lipinski definition) is 2. The molecule has 0 N–H and O–H groups in total. The fraction of sp³-hybridized carbons (Fsp3) is 0.333. The molecule has 0 bridgehead atoms. The van der Waals surface area contributed by atoms with Crippen LogP contribution in [0.2, 0.25) is 19.6 Å². The van der Waals surface area contributed by atoms with Gasteiger partial charge in [0, 0.05) is 5.56 Å². The predicted octanol–water partition coefficient (Wildman–Crippen LogP) is 3.25. The first kappa shape index (κ1) is 13.0. The summed E-state index contributed by atoms with van der Waals surface area (Å²) in [6.07, 6.45) is 0.944. The average molecular weight is 256 g/mol. The Morgan fingerprint density at radius 1 is 1.00 bits per heavy atom. The van der Waals surface area contributed by atoms with Crippen molar-refractivity contribution in [3.05, 3.63) is 42.1 Å². The third kappa shape index (κ3) is 2.67. The molecular weight excluding hydrogens is 236 g/mol. The van der Waals surface area contributed by atoms with Crippen LogP contribution in [0.4, 0.5) is 0 Å². The summed E-state index contributed by atoms with van der Waals surface area (Å²) in [5.41, 5.74) is 3.32. The summed E-state index contributed by atoms with van der Waals surface area (Å²) < 4.78 is 0. The van der Waals surface area contributed by atoms with Gasteiger partial charge in [0.05, 0.1) is 19.5 Å². The van der Waals surface area contributed by atoms with E-state index >= 15 is 0 Å². The fourth-order valence-corrected chi connectivity index (χ4v) is 3.49. The summed E-state index contributed by atoms with van der Waals surface area (Å²) in [5, 5.41) is 10.2. The molecule has 0 fully saturated rings. The van der Waals surface area contributed by atoms with Crippen LogP contribution in [0, 0.1) is 0 Å². The molecule has 94 valence electrons. The van der Waals surface area contributed by atoms with E-state index in [1.807, 2.05) is 6.07 Å². The zero-order valence-corrected chi connectivity index (χ0v) is 12.6. The number of benzene rings is 1. The first-order valence-corrected chi connectivity index (χ1v) is 9.95. The van der Waals surface area contributed by atoms with E-state index in [0.717, 1.165) is 17.8 Å². The predicted molar refractivity (Wildman–Crippen MR) is 79.8 cm³/mol. The maximum Gasteiger partial charge on any atom is 0.0922 e. The van der Waals surface area contributed by atoms with Gasteiger partial charge in [0.2, 0.25) is 0 Å². The van der Waals surface area contributed by atoms with Crippen molar-refractivity contribution in [2.75, 3.05) is 0 Å². The van der Waals surface area contributed by atoms with Crippen LogP contribution in [0.15, 0.2) is 36.4 Å². The van der Waals surface area contributed by atoms with Crippen LogP contribution in [0.1, 0.15) is 12.6 Å². The third-order valence-electron chi connectivity index (χ3n) is 3.06. The van der Waals surface area contributed by atoms with Crippen molar-refractivity contribution >= 4 is 13.3 Å². The number of aryl methyl sites for hydroxylation is 1. The SMILES string of the molecule is CCc1cc([Si](C)(C)C)c(-c2ccccc2)nn1. The minimum absolute atomic E-state index is 0.944. The lowest BCUT2D eigenvalue weighted by Gasteiger charge is -2.20. The van der Waals surface area contributed by atoms with E-state index in [-0.39, 0.29) is 0 Å². The third-order valence-corrected chi connectivity index (χ3v) is 5.06. The summed E-state index contributed by atoms with van der Waals surface area (Å²) in [7, 11) is -1.41. The van der Waals surface area contributed by atoms with Crippen LogP contribution in [-0.4, -0.2) is 18.3 Å². The maximum absolute atomic E-state index is 4.47. The van der Waals surface area contributed by atoms with Crippen LogP contribution in [0.5, 0.6) is 0 Å². The second-order valence-corrected chi connectivity index (χ2v) is 10.6. The molecule has 1 aromatic carbocycles. The molecule has 0 spiro atoms. The minimum Gasteiger partial charge on any atom is -0.155 e. The second-order valence-electron chi connectivity index (χ2n) is 5.57. The van der Waals surface area contributed by atoms with Gasteiger partial charge in [-0.05, 0) is 17.7 Å². The number of rotatable bonds is 3. The molecule has 0 aliphatic rings. The van der Waals surface area contributed by atoms with Crippen molar-refractivity contribution in [2.45, 2.75) is 33.0 Å². The first-order chi connectivity index (χ1) is 8.52. The Labute approximate surface area is 110 Å². The smallest absolute Gasteiger partial charge is 0.0922 e. The second kappa shape index (κ2) is 5.02. The molecule has 0 aliphatic carbocycles. The van der Waals surface area contributed by atoms with Crippen LogP contribution in [0.3, 0.4) is 0 Å². The van der Waals surface area contributed by atoms with Crippen LogP contribution in [-0.2, 0) is 6.42 Å². The molecule has 1 heterocycles. The van der Waals surface area contributed by atoms with Gasteiger partial charge in [0.25, 0.3) is 0 Å². The number of hydrogen-bond donors (Lipinski definition) is 0. The van der Waals surface area contributed by atoms with Gasteiger partial charge in [0.1, 0.15) is 0 Å². The first-order valence-electron chi connectivity index (χ1n) is 6.45. The lowest BCUT2D eigenvalue weighted by molar-refractivity contribution is 0.928. The molecule has 0 saturated heterocycles. The Balaban J connectivity index is 2.61. The van der Waals surface area contributed by atoms with E-state index in [1.165, 1.54) is 10.8 Å². The normalized spacial score (nSPS) is 11.6.